The monoisotopic (exact) mass is 419 g/mol. The zero-order valence-corrected chi connectivity index (χ0v) is 14.0. The summed E-state index contributed by atoms with van der Waals surface area (Å²) in [6.07, 6.45) is -4.44. The number of anilines is 1. The highest BCUT2D eigenvalue weighted by molar-refractivity contribution is 14.1. The first-order chi connectivity index (χ1) is 10.2. The highest BCUT2D eigenvalue weighted by Crippen LogP contribution is 2.32. The summed E-state index contributed by atoms with van der Waals surface area (Å²) in [5.74, 6) is -0.418. The Labute approximate surface area is 139 Å². The van der Waals surface area contributed by atoms with Gasteiger partial charge < -0.3 is 5.32 Å². The summed E-state index contributed by atoms with van der Waals surface area (Å²) in [6.45, 7) is 3.63. The maximum absolute atomic E-state index is 12.8. The Morgan fingerprint density at radius 3 is 2.41 bits per heavy atom. The van der Waals surface area contributed by atoms with Crippen LogP contribution in [0.3, 0.4) is 0 Å². The summed E-state index contributed by atoms with van der Waals surface area (Å²) in [7, 11) is 0. The Morgan fingerprint density at radius 1 is 1.09 bits per heavy atom. The Kier molecular flexibility index (Phi) is 4.79. The molecule has 2 rings (SSSR count). The fraction of sp³-hybridized carbons (Fsp3) is 0.188. The number of carbonyl (C=O) groups excluding carboxylic acids is 1. The molecule has 0 bridgehead atoms. The van der Waals surface area contributed by atoms with E-state index in [9.17, 15) is 18.0 Å². The van der Waals surface area contributed by atoms with Gasteiger partial charge in [0.25, 0.3) is 5.91 Å². The lowest BCUT2D eigenvalue weighted by atomic mass is 10.0. The number of amides is 1. The number of hydrogen-bond donors (Lipinski definition) is 1. The molecule has 6 heteroatoms. The summed E-state index contributed by atoms with van der Waals surface area (Å²) in [5, 5.41) is 2.56. The first kappa shape index (κ1) is 16.8. The molecule has 1 N–H and O–H groups in total. The van der Waals surface area contributed by atoms with Gasteiger partial charge in [-0.15, -0.1) is 0 Å². The molecule has 0 aliphatic rings. The maximum atomic E-state index is 12.8. The van der Waals surface area contributed by atoms with Gasteiger partial charge in [0.15, 0.2) is 0 Å². The molecule has 116 valence electrons. The van der Waals surface area contributed by atoms with Crippen LogP contribution in [0.15, 0.2) is 36.4 Å². The van der Waals surface area contributed by atoms with Crippen LogP contribution in [0.4, 0.5) is 18.9 Å². The molecular weight excluding hydrogens is 406 g/mol. The second-order valence-corrected chi connectivity index (χ2v) is 6.13. The van der Waals surface area contributed by atoms with Gasteiger partial charge in [0.1, 0.15) is 0 Å². The van der Waals surface area contributed by atoms with Gasteiger partial charge >= 0.3 is 6.18 Å². The SMILES string of the molecule is Cc1ccc(C)c(C(=O)Nc2cc(C(F)(F)F)ccc2I)c1. The standard InChI is InChI=1S/C16H13F3INO/c1-9-3-4-10(2)12(7-9)15(22)21-14-8-11(16(17,18)19)5-6-13(14)20/h3-8H,1-2H3,(H,21,22). The van der Waals surface area contributed by atoms with Crippen LogP contribution in [0.2, 0.25) is 0 Å². The van der Waals surface area contributed by atoms with Crippen molar-refractivity contribution in [2.75, 3.05) is 5.32 Å². The zero-order chi connectivity index (χ0) is 16.5. The van der Waals surface area contributed by atoms with E-state index in [4.69, 9.17) is 0 Å². The molecule has 0 radical (unpaired) electrons. The first-order valence-electron chi connectivity index (χ1n) is 6.44. The van der Waals surface area contributed by atoms with Gasteiger partial charge in [-0.3, -0.25) is 4.79 Å². The number of hydrogen-bond acceptors (Lipinski definition) is 1. The number of halogens is 4. The predicted octanol–water partition coefficient (Wildman–Crippen LogP) is 5.18. The third-order valence-corrected chi connectivity index (χ3v) is 4.12. The van der Waals surface area contributed by atoms with Crippen molar-refractivity contribution in [2.24, 2.45) is 0 Å². The van der Waals surface area contributed by atoms with Crippen LogP contribution in [-0.2, 0) is 6.18 Å². The molecule has 0 spiro atoms. The Balaban J connectivity index is 2.34. The molecule has 22 heavy (non-hydrogen) atoms. The minimum Gasteiger partial charge on any atom is -0.321 e. The second kappa shape index (κ2) is 6.28. The van der Waals surface area contributed by atoms with Crippen LogP contribution in [0.5, 0.6) is 0 Å². The van der Waals surface area contributed by atoms with Gasteiger partial charge in [-0.1, -0.05) is 17.7 Å². The number of rotatable bonds is 2. The Hall–Kier alpha value is -1.57. The topological polar surface area (TPSA) is 29.1 Å². The van der Waals surface area contributed by atoms with Crippen molar-refractivity contribution in [1.29, 1.82) is 0 Å². The molecule has 0 heterocycles. The van der Waals surface area contributed by atoms with Gasteiger partial charge in [0, 0.05) is 9.13 Å². The van der Waals surface area contributed by atoms with E-state index in [1.54, 1.807) is 19.1 Å². The molecule has 0 atom stereocenters. The molecule has 2 nitrogen and oxygen atoms in total. The molecule has 0 fully saturated rings. The van der Waals surface area contributed by atoms with E-state index in [0.717, 1.165) is 23.3 Å². The van der Waals surface area contributed by atoms with Crippen molar-refractivity contribution in [3.05, 3.63) is 62.2 Å². The lowest BCUT2D eigenvalue weighted by molar-refractivity contribution is -0.137. The van der Waals surface area contributed by atoms with Crippen molar-refractivity contribution < 1.29 is 18.0 Å². The molecule has 2 aromatic rings. The highest BCUT2D eigenvalue weighted by Gasteiger charge is 2.31. The number of aryl methyl sites for hydroxylation is 2. The molecule has 0 aromatic heterocycles. The summed E-state index contributed by atoms with van der Waals surface area (Å²) in [6, 6.07) is 8.68. The lowest BCUT2D eigenvalue weighted by Gasteiger charge is -2.13. The van der Waals surface area contributed by atoms with E-state index in [-0.39, 0.29) is 5.69 Å². The van der Waals surface area contributed by atoms with Crippen molar-refractivity contribution in [1.82, 2.24) is 0 Å². The van der Waals surface area contributed by atoms with E-state index in [1.165, 1.54) is 6.07 Å². The van der Waals surface area contributed by atoms with Crippen molar-refractivity contribution in [2.45, 2.75) is 20.0 Å². The van der Waals surface area contributed by atoms with Crippen LogP contribution in [0.1, 0.15) is 27.0 Å². The van der Waals surface area contributed by atoms with Gasteiger partial charge in [-0.25, -0.2) is 0 Å². The van der Waals surface area contributed by atoms with E-state index in [0.29, 0.717) is 9.13 Å². The fourth-order valence-electron chi connectivity index (χ4n) is 1.97. The number of benzene rings is 2. The van der Waals surface area contributed by atoms with E-state index >= 15 is 0 Å². The number of nitrogens with one attached hydrogen (secondary N) is 1. The quantitative estimate of drug-likeness (QED) is 0.668. The van der Waals surface area contributed by atoms with Crippen molar-refractivity contribution in [3.63, 3.8) is 0 Å². The lowest BCUT2D eigenvalue weighted by Crippen LogP contribution is -2.15. The maximum Gasteiger partial charge on any atom is 0.416 e. The highest BCUT2D eigenvalue weighted by atomic mass is 127. The number of carbonyl (C=O) groups is 1. The first-order valence-corrected chi connectivity index (χ1v) is 7.51. The average molecular weight is 419 g/mol. The third kappa shape index (κ3) is 3.79. The van der Waals surface area contributed by atoms with Crippen LogP contribution in [0, 0.1) is 17.4 Å². The molecular formula is C16H13F3INO. The van der Waals surface area contributed by atoms with Crippen molar-refractivity contribution in [3.8, 4) is 0 Å². The van der Waals surface area contributed by atoms with E-state index < -0.39 is 17.6 Å². The molecule has 1 amide bonds. The van der Waals surface area contributed by atoms with Gasteiger partial charge in [-0.05, 0) is 66.3 Å². The van der Waals surface area contributed by atoms with Crippen LogP contribution < -0.4 is 5.32 Å². The summed E-state index contributed by atoms with van der Waals surface area (Å²) in [4.78, 5) is 12.3. The second-order valence-electron chi connectivity index (χ2n) is 4.96. The molecule has 0 aliphatic heterocycles. The smallest absolute Gasteiger partial charge is 0.321 e. The summed E-state index contributed by atoms with van der Waals surface area (Å²) in [5.41, 5.74) is 1.50. The van der Waals surface area contributed by atoms with Gasteiger partial charge in [0.2, 0.25) is 0 Å². The van der Waals surface area contributed by atoms with Crippen LogP contribution in [-0.4, -0.2) is 5.91 Å². The summed E-state index contributed by atoms with van der Waals surface area (Å²) < 4.78 is 38.8. The summed E-state index contributed by atoms with van der Waals surface area (Å²) >= 11 is 1.89. The molecule has 0 aliphatic carbocycles. The van der Waals surface area contributed by atoms with Crippen molar-refractivity contribution >= 4 is 34.2 Å². The van der Waals surface area contributed by atoms with Crippen LogP contribution in [0.25, 0.3) is 0 Å². The minimum absolute atomic E-state index is 0.154. The molecule has 2 aromatic carbocycles. The number of alkyl halides is 3. The molecule has 0 saturated heterocycles. The largest absolute Gasteiger partial charge is 0.416 e. The molecule has 0 saturated carbocycles. The van der Waals surface area contributed by atoms with Crippen LogP contribution >= 0.6 is 22.6 Å². The molecule has 0 unspecified atom stereocenters. The van der Waals surface area contributed by atoms with Gasteiger partial charge in [-0.2, -0.15) is 13.2 Å². The fourth-order valence-corrected chi connectivity index (χ4v) is 2.44. The van der Waals surface area contributed by atoms with E-state index in [2.05, 4.69) is 5.32 Å². The minimum atomic E-state index is -4.44. The average Bonchev–Trinajstić information content (AvgIpc) is 2.42. The van der Waals surface area contributed by atoms with E-state index in [1.807, 2.05) is 35.6 Å². The Bertz CT molecular complexity index is 726. The predicted molar refractivity (Wildman–Crippen MR) is 88.0 cm³/mol. The zero-order valence-electron chi connectivity index (χ0n) is 11.9. The third-order valence-electron chi connectivity index (χ3n) is 3.18. The Morgan fingerprint density at radius 2 is 1.77 bits per heavy atom. The van der Waals surface area contributed by atoms with Gasteiger partial charge in [0.05, 0.1) is 11.3 Å². The normalized spacial score (nSPS) is 11.4.